The minimum Gasteiger partial charge on any atom is -0.0882 e. The third-order valence-corrected chi connectivity index (χ3v) is 2.15. The average Bonchev–Trinajstić information content (AvgIpc) is 2.22. The lowest BCUT2D eigenvalue weighted by Gasteiger charge is -1.93. The molecule has 0 nitrogen and oxygen atoms in total. The summed E-state index contributed by atoms with van der Waals surface area (Å²) in [7, 11) is 0. The molecule has 0 N–H and O–H groups in total. The summed E-state index contributed by atoms with van der Waals surface area (Å²) >= 11 is 0. The molecule has 0 fully saturated rings. The maximum Gasteiger partial charge on any atom is 0.00474 e. The van der Waals surface area contributed by atoms with E-state index in [0.717, 1.165) is 6.42 Å². The SMILES string of the molecule is [CH]1C=CC=CCCCCC=CCC=C1. The Balaban J connectivity index is 2.35. The molecular weight excluding hydrogens is 168 g/mol. The lowest BCUT2D eigenvalue weighted by Crippen LogP contribution is -1.73. The van der Waals surface area contributed by atoms with Gasteiger partial charge in [-0.05, 0) is 32.1 Å². The van der Waals surface area contributed by atoms with Gasteiger partial charge in [-0.2, -0.15) is 0 Å². The van der Waals surface area contributed by atoms with Crippen LogP contribution in [0.2, 0.25) is 0 Å². The molecule has 1 rings (SSSR count). The largest absolute Gasteiger partial charge is 0.0882 e. The van der Waals surface area contributed by atoms with Gasteiger partial charge < -0.3 is 0 Å². The number of hydrogen-bond acceptors (Lipinski definition) is 0. The summed E-state index contributed by atoms with van der Waals surface area (Å²) in [4.78, 5) is 0. The molecule has 0 aromatic rings. The molecule has 0 saturated heterocycles. The van der Waals surface area contributed by atoms with E-state index >= 15 is 0 Å². The van der Waals surface area contributed by atoms with Crippen LogP contribution < -0.4 is 0 Å². The highest BCUT2D eigenvalue weighted by Crippen LogP contribution is 2.03. The van der Waals surface area contributed by atoms with Crippen molar-refractivity contribution in [3.63, 3.8) is 0 Å². The van der Waals surface area contributed by atoms with Crippen LogP contribution in [0.1, 0.15) is 32.1 Å². The fraction of sp³-hybridized carbons (Fsp3) is 0.357. The summed E-state index contributed by atoms with van der Waals surface area (Å²) in [6, 6.07) is 0. The first-order valence-corrected chi connectivity index (χ1v) is 5.47. The Bertz CT molecular complexity index is 228. The first-order chi connectivity index (χ1) is 7.00. The van der Waals surface area contributed by atoms with Gasteiger partial charge in [0.2, 0.25) is 0 Å². The van der Waals surface area contributed by atoms with Crippen molar-refractivity contribution < 1.29 is 0 Å². The molecule has 0 aromatic carbocycles. The van der Waals surface area contributed by atoms with Gasteiger partial charge in [0.05, 0.1) is 0 Å². The molecule has 0 atom stereocenters. The molecule has 0 aromatic heterocycles. The molecule has 0 bridgehead atoms. The molecule has 14 heavy (non-hydrogen) atoms. The fourth-order valence-electron chi connectivity index (χ4n) is 1.34. The fourth-order valence-corrected chi connectivity index (χ4v) is 1.34. The standard InChI is InChI=1S/C14H19/c1-2-4-6-8-10-12-14-13-11-9-7-5-3-1/h1-7,10,12H,8-9,11,13-14H2. The highest BCUT2D eigenvalue weighted by atomic mass is 13.9. The summed E-state index contributed by atoms with van der Waals surface area (Å²) in [5.41, 5.74) is 0. The molecule has 1 radical (unpaired) electrons. The van der Waals surface area contributed by atoms with Gasteiger partial charge in [0.25, 0.3) is 0 Å². The van der Waals surface area contributed by atoms with Crippen molar-refractivity contribution in [2.45, 2.75) is 32.1 Å². The molecule has 0 saturated carbocycles. The molecular formula is C14H19. The van der Waals surface area contributed by atoms with Gasteiger partial charge in [0.1, 0.15) is 0 Å². The Morgan fingerprint density at radius 1 is 0.571 bits per heavy atom. The van der Waals surface area contributed by atoms with Crippen molar-refractivity contribution in [2.75, 3.05) is 0 Å². The smallest absolute Gasteiger partial charge is 0.00474 e. The first kappa shape index (κ1) is 11.0. The van der Waals surface area contributed by atoms with Gasteiger partial charge in [-0.25, -0.2) is 0 Å². The van der Waals surface area contributed by atoms with E-state index in [4.69, 9.17) is 0 Å². The van der Waals surface area contributed by atoms with Crippen molar-refractivity contribution in [3.05, 3.63) is 55.0 Å². The molecule has 0 heterocycles. The van der Waals surface area contributed by atoms with Crippen molar-refractivity contribution >= 4 is 0 Å². The molecule has 1 aliphatic rings. The zero-order chi connectivity index (χ0) is 9.90. The van der Waals surface area contributed by atoms with Crippen LogP contribution in [-0.2, 0) is 0 Å². The van der Waals surface area contributed by atoms with Gasteiger partial charge in [-0.15, -0.1) is 0 Å². The predicted octanol–water partition coefficient (Wildman–Crippen LogP) is 4.38. The van der Waals surface area contributed by atoms with Crippen LogP contribution in [0.25, 0.3) is 0 Å². The van der Waals surface area contributed by atoms with Gasteiger partial charge in [-0.3, -0.25) is 0 Å². The second kappa shape index (κ2) is 8.55. The Kier molecular flexibility index (Phi) is 6.74. The topological polar surface area (TPSA) is 0 Å². The van der Waals surface area contributed by atoms with E-state index in [9.17, 15) is 0 Å². The Hall–Kier alpha value is -1.04. The average molecular weight is 187 g/mol. The summed E-state index contributed by atoms with van der Waals surface area (Å²) < 4.78 is 0. The molecule has 75 valence electrons. The molecule has 1 aliphatic carbocycles. The zero-order valence-corrected chi connectivity index (χ0v) is 8.73. The predicted molar refractivity (Wildman–Crippen MR) is 63.9 cm³/mol. The van der Waals surface area contributed by atoms with Gasteiger partial charge in [-0.1, -0.05) is 48.6 Å². The molecule has 0 unspecified atom stereocenters. The van der Waals surface area contributed by atoms with Crippen LogP contribution in [0.4, 0.5) is 0 Å². The summed E-state index contributed by atoms with van der Waals surface area (Å²) in [5, 5.41) is 0. The van der Waals surface area contributed by atoms with Crippen LogP contribution >= 0.6 is 0 Å². The van der Waals surface area contributed by atoms with E-state index in [1.165, 1.54) is 25.7 Å². The van der Waals surface area contributed by atoms with E-state index in [1.807, 2.05) is 0 Å². The molecule has 0 heteroatoms. The van der Waals surface area contributed by atoms with Crippen LogP contribution in [0, 0.1) is 6.42 Å². The van der Waals surface area contributed by atoms with E-state index in [0.29, 0.717) is 0 Å². The number of hydrogen-bond donors (Lipinski definition) is 0. The Morgan fingerprint density at radius 3 is 2.36 bits per heavy atom. The number of rotatable bonds is 0. The van der Waals surface area contributed by atoms with E-state index in [1.54, 1.807) is 0 Å². The van der Waals surface area contributed by atoms with Crippen molar-refractivity contribution in [3.8, 4) is 0 Å². The monoisotopic (exact) mass is 187 g/mol. The van der Waals surface area contributed by atoms with E-state index in [2.05, 4.69) is 55.0 Å². The zero-order valence-electron chi connectivity index (χ0n) is 8.73. The summed E-state index contributed by atoms with van der Waals surface area (Å²) in [5.74, 6) is 0. The summed E-state index contributed by atoms with van der Waals surface area (Å²) in [6.45, 7) is 0. The number of allylic oxidation sites excluding steroid dienone is 8. The van der Waals surface area contributed by atoms with Gasteiger partial charge in [0, 0.05) is 6.42 Å². The minimum absolute atomic E-state index is 1.06. The third-order valence-electron chi connectivity index (χ3n) is 2.15. The van der Waals surface area contributed by atoms with Crippen LogP contribution in [0.5, 0.6) is 0 Å². The third kappa shape index (κ3) is 6.47. The lowest BCUT2D eigenvalue weighted by molar-refractivity contribution is 0.761. The quantitative estimate of drug-likeness (QED) is 0.494. The van der Waals surface area contributed by atoms with Crippen molar-refractivity contribution in [2.24, 2.45) is 0 Å². The van der Waals surface area contributed by atoms with Gasteiger partial charge >= 0.3 is 0 Å². The highest BCUT2D eigenvalue weighted by molar-refractivity contribution is 5.14. The molecule has 0 spiro atoms. The second-order valence-electron chi connectivity index (χ2n) is 3.43. The van der Waals surface area contributed by atoms with Crippen LogP contribution in [0.15, 0.2) is 48.6 Å². The lowest BCUT2D eigenvalue weighted by atomic mass is 10.1. The maximum absolute atomic E-state index is 2.29. The Morgan fingerprint density at radius 2 is 1.43 bits per heavy atom. The maximum atomic E-state index is 2.29. The Labute approximate surface area is 87.7 Å². The first-order valence-electron chi connectivity index (χ1n) is 5.47. The van der Waals surface area contributed by atoms with Crippen molar-refractivity contribution in [1.29, 1.82) is 0 Å². The van der Waals surface area contributed by atoms with Crippen LogP contribution in [-0.4, -0.2) is 0 Å². The van der Waals surface area contributed by atoms with Crippen LogP contribution in [0.3, 0.4) is 0 Å². The van der Waals surface area contributed by atoms with Gasteiger partial charge in [0.15, 0.2) is 0 Å². The summed E-state index contributed by atoms with van der Waals surface area (Å²) in [6.07, 6.45) is 25.5. The van der Waals surface area contributed by atoms with E-state index < -0.39 is 0 Å². The van der Waals surface area contributed by atoms with Crippen molar-refractivity contribution in [1.82, 2.24) is 0 Å². The molecule has 0 aliphatic heterocycles. The van der Waals surface area contributed by atoms with E-state index in [-0.39, 0.29) is 0 Å². The molecule has 0 amide bonds. The second-order valence-corrected chi connectivity index (χ2v) is 3.43. The highest BCUT2D eigenvalue weighted by Gasteiger charge is 1.83. The minimum atomic E-state index is 1.06. The normalized spacial score (nSPS) is 19.4.